The normalized spacial score (nSPS) is 21.1. The third kappa shape index (κ3) is 5.64. The Hall–Kier alpha value is -1.88. The van der Waals surface area contributed by atoms with Gasteiger partial charge in [-0.05, 0) is 36.3 Å². The summed E-state index contributed by atoms with van der Waals surface area (Å²) in [5, 5.41) is 8.37. The molecule has 24 heavy (non-hydrogen) atoms. The van der Waals surface area contributed by atoms with Crippen molar-refractivity contribution in [2.75, 3.05) is 11.9 Å². The van der Waals surface area contributed by atoms with Gasteiger partial charge in [0, 0.05) is 11.7 Å². The van der Waals surface area contributed by atoms with Crippen molar-refractivity contribution in [3.05, 3.63) is 30.3 Å². The third-order valence-electron chi connectivity index (χ3n) is 4.69. The lowest BCUT2D eigenvalue weighted by molar-refractivity contribution is -0.119. The Labute approximate surface area is 144 Å². The Morgan fingerprint density at radius 1 is 1.08 bits per heavy atom. The van der Waals surface area contributed by atoms with E-state index in [1.807, 2.05) is 18.2 Å². The highest BCUT2D eigenvalue weighted by Gasteiger charge is 2.33. The molecule has 0 bridgehead atoms. The maximum atomic E-state index is 12.0. The molecular formula is C19H29N3O2. The summed E-state index contributed by atoms with van der Waals surface area (Å²) in [7, 11) is 0. The lowest BCUT2D eigenvalue weighted by atomic mass is 9.69. The smallest absolute Gasteiger partial charge is 0.308 e. The van der Waals surface area contributed by atoms with Crippen molar-refractivity contribution in [2.24, 2.45) is 11.3 Å². The summed E-state index contributed by atoms with van der Waals surface area (Å²) in [6.45, 7) is 6.93. The Bertz CT molecular complexity index is 551. The van der Waals surface area contributed by atoms with Gasteiger partial charge in [0.2, 0.25) is 5.91 Å². The first-order valence-corrected chi connectivity index (χ1v) is 8.75. The van der Waals surface area contributed by atoms with Crippen molar-refractivity contribution in [1.29, 1.82) is 0 Å². The molecule has 0 aliphatic heterocycles. The highest BCUT2D eigenvalue weighted by Crippen LogP contribution is 2.37. The summed E-state index contributed by atoms with van der Waals surface area (Å²) in [5.41, 5.74) is 0.884. The number of anilines is 1. The van der Waals surface area contributed by atoms with E-state index >= 15 is 0 Å². The van der Waals surface area contributed by atoms with E-state index in [0.717, 1.165) is 6.42 Å². The van der Waals surface area contributed by atoms with Crippen LogP contribution in [0.3, 0.4) is 0 Å². The van der Waals surface area contributed by atoms with Gasteiger partial charge in [0.15, 0.2) is 0 Å². The van der Waals surface area contributed by atoms with Crippen LogP contribution < -0.4 is 16.0 Å². The van der Waals surface area contributed by atoms with Gasteiger partial charge >= 0.3 is 6.03 Å². The van der Waals surface area contributed by atoms with Crippen molar-refractivity contribution >= 4 is 17.6 Å². The molecule has 132 valence electrons. The fourth-order valence-corrected chi connectivity index (χ4v) is 3.49. The maximum Gasteiger partial charge on any atom is 0.325 e. The monoisotopic (exact) mass is 331 g/mol. The average Bonchev–Trinajstić information content (AvgIpc) is 2.53. The number of carbonyl (C=O) groups excluding carboxylic acids is 2. The van der Waals surface area contributed by atoms with Gasteiger partial charge in [-0.15, -0.1) is 0 Å². The van der Waals surface area contributed by atoms with Crippen LogP contribution in [0.25, 0.3) is 0 Å². The molecule has 2 atom stereocenters. The fraction of sp³-hybridized carbons (Fsp3) is 0.579. The molecule has 2 rings (SSSR count). The quantitative estimate of drug-likeness (QED) is 0.790. The number of hydrogen-bond donors (Lipinski definition) is 3. The Morgan fingerprint density at radius 3 is 2.42 bits per heavy atom. The lowest BCUT2D eigenvalue weighted by Crippen LogP contribution is -2.48. The molecule has 3 N–H and O–H groups in total. The van der Waals surface area contributed by atoms with Gasteiger partial charge in [-0.3, -0.25) is 10.1 Å². The Morgan fingerprint density at radius 2 is 1.75 bits per heavy atom. The second kappa shape index (κ2) is 8.29. The van der Waals surface area contributed by atoms with Crippen LogP contribution in [0.5, 0.6) is 0 Å². The molecule has 0 saturated heterocycles. The average molecular weight is 331 g/mol. The van der Waals surface area contributed by atoms with Crippen molar-refractivity contribution in [2.45, 2.75) is 52.5 Å². The van der Waals surface area contributed by atoms with E-state index in [0.29, 0.717) is 17.6 Å². The number of amides is 3. The second-order valence-corrected chi connectivity index (χ2v) is 7.61. The first-order valence-electron chi connectivity index (χ1n) is 8.75. The van der Waals surface area contributed by atoms with Crippen LogP contribution >= 0.6 is 0 Å². The zero-order valence-corrected chi connectivity index (χ0v) is 14.9. The molecule has 5 heteroatoms. The van der Waals surface area contributed by atoms with Gasteiger partial charge in [0.05, 0.1) is 6.54 Å². The van der Waals surface area contributed by atoms with Gasteiger partial charge in [-0.2, -0.15) is 0 Å². The molecule has 1 aliphatic carbocycles. The van der Waals surface area contributed by atoms with Crippen LogP contribution in [0.4, 0.5) is 10.5 Å². The number of benzene rings is 1. The SMILES string of the molecule is CC(C)(C)C1CCCCC1NCC(=O)NC(=O)Nc1ccccc1. The lowest BCUT2D eigenvalue weighted by Gasteiger charge is -2.40. The highest BCUT2D eigenvalue weighted by molar-refractivity contribution is 6.01. The topological polar surface area (TPSA) is 70.2 Å². The number of imide groups is 1. The summed E-state index contributed by atoms with van der Waals surface area (Å²) in [4.78, 5) is 23.8. The summed E-state index contributed by atoms with van der Waals surface area (Å²) in [6.07, 6.45) is 4.73. The van der Waals surface area contributed by atoms with Crippen molar-refractivity contribution in [1.82, 2.24) is 10.6 Å². The van der Waals surface area contributed by atoms with Crippen molar-refractivity contribution in [3.63, 3.8) is 0 Å². The molecule has 1 saturated carbocycles. The van der Waals surface area contributed by atoms with E-state index in [9.17, 15) is 9.59 Å². The number of carbonyl (C=O) groups is 2. The van der Waals surface area contributed by atoms with E-state index in [2.05, 4.69) is 36.7 Å². The molecule has 1 fully saturated rings. The minimum atomic E-state index is -0.496. The highest BCUT2D eigenvalue weighted by atomic mass is 16.2. The zero-order chi connectivity index (χ0) is 17.6. The molecule has 0 heterocycles. The van der Waals surface area contributed by atoms with Gasteiger partial charge in [0.25, 0.3) is 0 Å². The first-order chi connectivity index (χ1) is 11.4. The van der Waals surface area contributed by atoms with Crippen LogP contribution in [0.1, 0.15) is 46.5 Å². The first kappa shape index (κ1) is 18.5. The number of urea groups is 1. The maximum absolute atomic E-state index is 12.0. The molecule has 2 unspecified atom stereocenters. The molecule has 0 radical (unpaired) electrons. The van der Waals surface area contributed by atoms with Gasteiger partial charge in [-0.1, -0.05) is 51.8 Å². The van der Waals surface area contributed by atoms with Gasteiger partial charge < -0.3 is 10.6 Å². The van der Waals surface area contributed by atoms with Crippen LogP contribution in [-0.2, 0) is 4.79 Å². The molecule has 1 aromatic carbocycles. The van der Waals surface area contributed by atoms with Crippen LogP contribution in [0, 0.1) is 11.3 Å². The summed E-state index contributed by atoms with van der Waals surface area (Å²) >= 11 is 0. The molecular weight excluding hydrogens is 302 g/mol. The number of rotatable bonds is 4. The summed E-state index contributed by atoms with van der Waals surface area (Å²) in [6, 6.07) is 8.92. The number of hydrogen-bond acceptors (Lipinski definition) is 3. The van der Waals surface area contributed by atoms with Gasteiger partial charge in [0.1, 0.15) is 0 Å². The van der Waals surface area contributed by atoms with E-state index < -0.39 is 6.03 Å². The Kier molecular flexibility index (Phi) is 6.37. The van der Waals surface area contributed by atoms with Gasteiger partial charge in [-0.25, -0.2) is 4.79 Å². The number of para-hydroxylation sites is 1. The second-order valence-electron chi connectivity index (χ2n) is 7.61. The third-order valence-corrected chi connectivity index (χ3v) is 4.69. The molecule has 1 aliphatic rings. The molecule has 3 amide bonds. The predicted molar refractivity (Wildman–Crippen MR) is 96.8 cm³/mol. The standard InChI is InChI=1S/C19H29N3O2/c1-19(2,3)15-11-7-8-12-16(15)20-13-17(23)22-18(24)21-14-9-5-4-6-10-14/h4-6,9-10,15-16,20H,7-8,11-13H2,1-3H3,(H2,21,22,23,24). The number of nitrogens with one attached hydrogen (secondary N) is 3. The van der Waals surface area contributed by atoms with E-state index in [1.54, 1.807) is 12.1 Å². The Balaban J connectivity index is 1.78. The van der Waals surface area contributed by atoms with E-state index in [1.165, 1.54) is 19.3 Å². The minimum absolute atomic E-state index is 0.166. The van der Waals surface area contributed by atoms with Crippen LogP contribution in [0.15, 0.2) is 30.3 Å². The molecule has 0 spiro atoms. The summed E-state index contributed by atoms with van der Waals surface area (Å²) in [5.74, 6) is 0.249. The summed E-state index contributed by atoms with van der Waals surface area (Å²) < 4.78 is 0. The molecule has 5 nitrogen and oxygen atoms in total. The van der Waals surface area contributed by atoms with Crippen molar-refractivity contribution in [3.8, 4) is 0 Å². The molecule has 1 aromatic rings. The van der Waals surface area contributed by atoms with E-state index in [4.69, 9.17) is 0 Å². The zero-order valence-electron chi connectivity index (χ0n) is 14.9. The largest absolute Gasteiger partial charge is 0.325 e. The van der Waals surface area contributed by atoms with Crippen LogP contribution in [-0.4, -0.2) is 24.5 Å². The van der Waals surface area contributed by atoms with Crippen molar-refractivity contribution < 1.29 is 9.59 Å². The minimum Gasteiger partial charge on any atom is -0.308 e. The fourth-order valence-electron chi connectivity index (χ4n) is 3.49. The molecule has 0 aromatic heterocycles. The van der Waals surface area contributed by atoms with Crippen LogP contribution in [0.2, 0.25) is 0 Å². The van der Waals surface area contributed by atoms with E-state index in [-0.39, 0.29) is 17.9 Å². The predicted octanol–water partition coefficient (Wildman–Crippen LogP) is 3.53.